The molecule has 6 heteroatoms. The number of rotatable bonds is 1. The van der Waals surface area contributed by atoms with Crippen molar-refractivity contribution in [2.45, 2.75) is 0 Å². The van der Waals surface area contributed by atoms with Crippen LogP contribution in [0.5, 0.6) is 0 Å². The Morgan fingerprint density at radius 1 is 1.56 bits per heavy atom. The normalized spacial score (nSPS) is 10.4. The first-order chi connectivity index (χ1) is 7.65. The minimum atomic E-state index is -0.779. The summed E-state index contributed by atoms with van der Waals surface area (Å²) in [5.74, 6) is -0.779. The van der Waals surface area contributed by atoms with E-state index < -0.39 is 11.4 Å². The van der Waals surface area contributed by atoms with E-state index in [-0.39, 0.29) is 16.2 Å². The zero-order valence-corrected chi connectivity index (χ0v) is 9.04. The smallest absolute Gasteiger partial charge is 0.345 e. The molecule has 82 valence electrons. The molecule has 2 rings (SSSR count). The number of aromatic nitrogens is 2. The van der Waals surface area contributed by atoms with E-state index >= 15 is 0 Å². The number of aromatic amines is 1. The number of nitrogens with one attached hydrogen (secondary N) is 1. The molecule has 5 nitrogen and oxygen atoms in total. The first-order valence-corrected chi connectivity index (χ1v) is 4.77. The van der Waals surface area contributed by atoms with Crippen LogP contribution < -0.4 is 5.43 Å². The van der Waals surface area contributed by atoms with E-state index in [9.17, 15) is 9.59 Å². The first-order valence-electron chi connectivity index (χ1n) is 4.40. The number of H-pyrrole nitrogens is 1. The summed E-state index contributed by atoms with van der Waals surface area (Å²) < 4.78 is 4.48. The molecule has 0 saturated heterocycles. The second-order valence-electron chi connectivity index (χ2n) is 3.03. The van der Waals surface area contributed by atoms with E-state index in [0.29, 0.717) is 5.52 Å². The number of carbonyl (C=O) groups is 1. The number of esters is 1. The largest absolute Gasteiger partial charge is 0.465 e. The molecule has 16 heavy (non-hydrogen) atoms. The van der Waals surface area contributed by atoms with Gasteiger partial charge in [-0.15, -0.1) is 0 Å². The highest BCUT2D eigenvalue weighted by Crippen LogP contribution is 2.14. The molecule has 0 bridgehead atoms. The molecule has 1 N–H and O–H groups in total. The minimum Gasteiger partial charge on any atom is -0.465 e. The van der Waals surface area contributed by atoms with Gasteiger partial charge in [0.2, 0.25) is 5.43 Å². The third kappa shape index (κ3) is 1.55. The van der Waals surface area contributed by atoms with Crippen molar-refractivity contribution < 1.29 is 9.53 Å². The van der Waals surface area contributed by atoms with E-state index in [1.54, 1.807) is 12.1 Å². The zero-order chi connectivity index (χ0) is 11.7. The number of fused-ring (bicyclic) bond motifs is 1. The Hall–Kier alpha value is -1.88. The van der Waals surface area contributed by atoms with Crippen molar-refractivity contribution in [3.8, 4) is 0 Å². The van der Waals surface area contributed by atoms with Gasteiger partial charge < -0.3 is 9.72 Å². The predicted molar refractivity (Wildman–Crippen MR) is 58.7 cm³/mol. The Kier molecular flexibility index (Phi) is 2.62. The Labute approximate surface area is 95.0 Å². The highest BCUT2D eigenvalue weighted by molar-refractivity contribution is 6.32. The SMILES string of the molecule is COC(=O)c1c(Cl)[nH]c2cccnc2c1=O. The van der Waals surface area contributed by atoms with Crippen molar-refractivity contribution in [1.29, 1.82) is 0 Å². The summed E-state index contributed by atoms with van der Waals surface area (Å²) in [6.45, 7) is 0. The van der Waals surface area contributed by atoms with Crippen LogP contribution in [-0.2, 0) is 4.74 Å². The first kappa shape index (κ1) is 10.6. The maximum absolute atomic E-state index is 11.9. The summed E-state index contributed by atoms with van der Waals surface area (Å²) in [5.41, 5.74) is -0.126. The molecule has 0 aliphatic carbocycles. The highest BCUT2D eigenvalue weighted by atomic mass is 35.5. The van der Waals surface area contributed by atoms with Crippen LogP contribution in [-0.4, -0.2) is 23.0 Å². The van der Waals surface area contributed by atoms with Crippen LogP contribution in [0.3, 0.4) is 0 Å². The monoisotopic (exact) mass is 238 g/mol. The molecule has 0 aliphatic rings. The Bertz CT molecular complexity index is 621. The summed E-state index contributed by atoms with van der Waals surface area (Å²) >= 11 is 5.80. The van der Waals surface area contributed by atoms with Crippen LogP contribution >= 0.6 is 11.6 Å². The van der Waals surface area contributed by atoms with Gasteiger partial charge in [0.05, 0.1) is 12.6 Å². The molecule has 2 heterocycles. The quantitative estimate of drug-likeness (QED) is 0.602. The Balaban J connectivity index is 2.86. The van der Waals surface area contributed by atoms with Crippen LogP contribution in [0.2, 0.25) is 5.15 Å². The Morgan fingerprint density at radius 2 is 2.31 bits per heavy atom. The maximum Gasteiger partial charge on any atom is 0.345 e. The summed E-state index contributed by atoms with van der Waals surface area (Å²) in [6.07, 6.45) is 1.46. The van der Waals surface area contributed by atoms with E-state index in [2.05, 4.69) is 14.7 Å². The van der Waals surface area contributed by atoms with E-state index in [1.165, 1.54) is 13.3 Å². The molecule has 2 aromatic rings. The van der Waals surface area contributed by atoms with Gasteiger partial charge in [0.1, 0.15) is 16.2 Å². The molecule has 0 unspecified atom stereocenters. The van der Waals surface area contributed by atoms with Gasteiger partial charge in [-0.2, -0.15) is 0 Å². The fourth-order valence-electron chi connectivity index (χ4n) is 1.37. The molecule has 0 fully saturated rings. The fourth-order valence-corrected chi connectivity index (χ4v) is 1.64. The lowest BCUT2D eigenvalue weighted by Gasteiger charge is -2.03. The number of pyridine rings is 2. The van der Waals surface area contributed by atoms with Gasteiger partial charge in [-0.3, -0.25) is 9.78 Å². The minimum absolute atomic E-state index is 0.0441. The zero-order valence-electron chi connectivity index (χ0n) is 8.28. The summed E-state index contributed by atoms with van der Waals surface area (Å²) in [7, 11) is 1.18. The molecule has 0 atom stereocenters. The highest BCUT2D eigenvalue weighted by Gasteiger charge is 2.18. The maximum atomic E-state index is 11.9. The molecule has 0 amide bonds. The molecule has 0 aliphatic heterocycles. The van der Waals surface area contributed by atoms with Crippen molar-refractivity contribution in [1.82, 2.24) is 9.97 Å². The van der Waals surface area contributed by atoms with Gasteiger partial charge in [-0.1, -0.05) is 11.6 Å². The fraction of sp³-hybridized carbons (Fsp3) is 0.100. The lowest BCUT2D eigenvalue weighted by molar-refractivity contribution is 0.0599. The number of methoxy groups -OCH3 is 1. The molecule has 2 aromatic heterocycles. The molecule has 0 spiro atoms. The van der Waals surface area contributed by atoms with Gasteiger partial charge in [0, 0.05) is 6.20 Å². The van der Waals surface area contributed by atoms with Crippen LogP contribution in [0.25, 0.3) is 11.0 Å². The molecule has 0 radical (unpaired) electrons. The summed E-state index contributed by atoms with van der Waals surface area (Å²) in [4.78, 5) is 29.8. The average Bonchev–Trinajstić information content (AvgIpc) is 2.28. The Morgan fingerprint density at radius 3 is 3.00 bits per heavy atom. The second-order valence-corrected chi connectivity index (χ2v) is 3.41. The van der Waals surface area contributed by atoms with Crippen LogP contribution in [0.4, 0.5) is 0 Å². The summed E-state index contributed by atoms with van der Waals surface area (Å²) in [5, 5.41) is -0.0441. The molecular weight excluding hydrogens is 232 g/mol. The van der Waals surface area contributed by atoms with Gasteiger partial charge in [0.15, 0.2) is 0 Å². The number of hydrogen-bond donors (Lipinski definition) is 1. The number of hydrogen-bond acceptors (Lipinski definition) is 4. The van der Waals surface area contributed by atoms with Crippen LogP contribution in [0.15, 0.2) is 23.1 Å². The summed E-state index contributed by atoms with van der Waals surface area (Å²) in [6, 6.07) is 3.31. The average molecular weight is 239 g/mol. The molecule has 0 aromatic carbocycles. The number of carbonyl (C=O) groups excluding carboxylic acids is 1. The van der Waals surface area contributed by atoms with Crippen molar-refractivity contribution in [2.24, 2.45) is 0 Å². The number of ether oxygens (including phenoxy) is 1. The van der Waals surface area contributed by atoms with E-state index in [4.69, 9.17) is 11.6 Å². The number of halogens is 1. The van der Waals surface area contributed by atoms with Crippen molar-refractivity contribution >= 4 is 28.6 Å². The lowest BCUT2D eigenvalue weighted by Crippen LogP contribution is -2.19. The van der Waals surface area contributed by atoms with Gasteiger partial charge in [-0.25, -0.2) is 4.79 Å². The van der Waals surface area contributed by atoms with Crippen LogP contribution in [0, 0.1) is 0 Å². The van der Waals surface area contributed by atoms with Gasteiger partial charge in [0.25, 0.3) is 0 Å². The predicted octanol–water partition coefficient (Wildman–Crippen LogP) is 1.36. The van der Waals surface area contributed by atoms with E-state index in [0.717, 1.165) is 0 Å². The second kappa shape index (κ2) is 3.94. The third-order valence-electron chi connectivity index (χ3n) is 2.10. The van der Waals surface area contributed by atoms with Gasteiger partial charge in [-0.05, 0) is 12.1 Å². The van der Waals surface area contributed by atoms with Crippen molar-refractivity contribution in [3.63, 3.8) is 0 Å². The van der Waals surface area contributed by atoms with Crippen LogP contribution in [0.1, 0.15) is 10.4 Å². The third-order valence-corrected chi connectivity index (χ3v) is 2.39. The standard InChI is InChI=1S/C10H7ClN2O3/c1-16-10(15)6-8(14)7-5(13-9(6)11)3-2-4-12-7/h2-4H,1H3,(H,13,14). The number of nitrogens with zero attached hydrogens (tertiary/aromatic N) is 1. The van der Waals surface area contributed by atoms with Gasteiger partial charge >= 0.3 is 5.97 Å². The molecule has 0 saturated carbocycles. The van der Waals surface area contributed by atoms with E-state index in [1.807, 2.05) is 0 Å². The van der Waals surface area contributed by atoms with Crippen molar-refractivity contribution in [3.05, 3.63) is 39.3 Å². The molecular formula is C10H7ClN2O3. The lowest BCUT2D eigenvalue weighted by atomic mass is 10.2. The topological polar surface area (TPSA) is 72.1 Å². The van der Waals surface area contributed by atoms with Crippen molar-refractivity contribution in [2.75, 3.05) is 7.11 Å².